The molecule has 2 aliphatic heterocycles. The number of para-hydroxylation sites is 1. The number of primary amides is 1. The van der Waals surface area contributed by atoms with Crippen molar-refractivity contribution >= 4 is 16.8 Å². The van der Waals surface area contributed by atoms with Crippen LogP contribution in [-0.4, -0.2) is 65.7 Å². The Morgan fingerprint density at radius 3 is 2.78 bits per heavy atom. The summed E-state index contributed by atoms with van der Waals surface area (Å²) in [5.41, 5.74) is 7.83. The maximum atomic E-state index is 11.5. The topological polar surface area (TPSA) is 63.7 Å². The summed E-state index contributed by atoms with van der Waals surface area (Å²) in [4.78, 5) is 16.6. The van der Waals surface area contributed by atoms with E-state index < -0.39 is 0 Å². The summed E-state index contributed by atoms with van der Waals surface area (Å²) in [5, 5.41) is 1.23. The van der Waals surface area contributed by atoms with Crippen molar-refractivity contribution < 1.29 is 9.53 Å². The largest absolute Gasteiger partial charge is 0.379 e. The number of aromatic nitrogens is 1. The van der Waals surface area contributed by atoms with E-state index in [-0.39, 0.29) is 12.5 Å². The number of carbonyl (C=O) groups is 1. The molecule has 6 nitrogen and oxygen atoms in total. The number of hydrogen-bond acceptors (Lipinski definition) is 4. The number of hydrogen-bond donors (Lipinski definition) is 1. The molecule has 1 aromatic heterocycles. The fraction of sp³-hybridized carbons (Fsp3) is 0.571. The molecule has 1 unspecified atom stereocenters. The number of amides is 1. The van der Waals surface area contributed by atoms with Crippen LogP contribution in [0.15, 0.2) is 30.5 Å². The first-order chi connectivity index (χ1) is 13.2. The molecular formula is C21H30N4O2. The second-order valence-electron chi connectivity index (χ2n) is 7.80. The Hall–Kier alpha value is -1.89. The molecule has 2 aliphatic rings. The molecule has 0 bridgehead atoms. The quantitative estimate of drug-likeness (QED) is 0.842. The molecule has 2 saturated heterocycles. The van der Waals surface area contributed by atoms with Crippen LogP contribution < -0.4 is 5.73 Å². The Kier molecular flexibility index (Phi) is 5.76. The molecule has 146 valence electrons. The van der Waals surface area contributed by atoms with Crippen molar-refractivity contribution in [3.8, 4) is 0 Å². The number of likely N-dealkylation sites (tertiary alicyclic amines) is 1. The van der Waals surface area contributed by atoms with Crippen molar-refractivity contribution in [2.24, 2.45) is 5.73 Å². The van der Waals surface area contributed by atoms with Gasteiger partial charge < -0.3 is 15.0 Å². The van der Waals surface area contributed by atoms with Gasteiger partial charge >= 0.3 is 0 Å². The van der Waals surface area contributed by atoms with Gasteiger partial charge in [-0.25, -0.2) is 0 Å². The molecular weight excluding hydrogens is 340 g/mol. The molecule has 0 spiro atoms. The van der Waals surface area contributed by atoms with E-state index in [0.717, 1.165) is 51.5 Å². The number of morpholine rings is 1. The smallest absolute Gasteiger partial charge is 0.237 e. The predicted octanol–water partition coefficient (Wildman–Crippen LogP) is 1.81. The SMILES string of the molecule is NC(=O)Cn1cc(CN2CCCCC2CN2CCOCC2)c2ccccc21. The Morgan fingerprint density at radius 1 is 1.15 bits per heavy atom. The molecule has 1 atom stereocenters. The van der Waals surface area contributed by atoms with Crippen LogP contribution in [0.2, 0.25) is 0 Å². The standard InChI is InChI=1S/C21H30N4O2/c22-21(26)16-25-14-17(19-6-1-2-7-20(19)25)13-24-8-4-3-5-18(24)15-23-9-11-27-12-10-23/h1-2,6-7,14,18H,3-5,8-13,15-16H2,(H2,22,26). The van der Waals surface area contributed by atoms with E-state index in [1.54, 1.807) is 0 Å². The van der Waals surface area contributed by atoms with E-state index in [1.165, 1.54) is 30.2 Å². The highest BCUT2D eigenvalue weighted by Crippen LogP contribution is 2.26. The normalized spacial score (nSPS) is 22.3. The second-order valence-corrected chi connectivity index (χ2v) is 7.80. The zero-order valence-electron chi connectivity index (χ0n) is 16.0. The van der Waals surface area contributed by atoms with E-state index in [2.05, 4.69) is 34.2 Å². The molecule has 1 amide bonds. The fourth-order valence-electron chi connectivity index (χ4n) is 4.52. The number of nitrogens with two attached hydrogens (primary N) is 1. The predicted molar refractivity (Wildman–Crippen MR) is 106 cm³/mol. The summed E-state index contributed by atoms with van der Waals surface area (Å²) in [6.07, 6.45) is 5.96. The third kappa shape index (κ3) is 4.34. The molecule has 27 heavy (non-hydrogen) atoms. The first-order valence-electron chi connectivity index (χ1n) is 10.1. The third-order valence-electron chi connectivity index (χ3n) is 5.89. The molecule has 3 heterocycles. The van der Waals surface area contributed by atoms with Gasteiger partial charge in [-0.3, -0.25) is 14.6 Å². The molecule has 2 N–H and O–H groups in total. The average Bonchev–Trinajstić information content (AvgIpc) is 3.01. The maximum Gasteiger partial charge on any atom is 0.237 e. The molecule has 0 saturated carbocycles. The number of ether oxygens (including phenoxy) is 1. The summed E-state index contributed by atoms with van der Waals surface area (Å²) < 4.78 is 7.49. The number of rotatable bonds is 6. The monoisotopic (exact) mass is 370 g/mol. The van der Waals surface area contributed by atoms with Gasteiger partial charge in [0.15, 0.2) is 0 Å². The van der Waals surface area contributed by atoms with Crippen LogP contribution in [0.25, 0.3) is 10.9 Å². The zero-order valence-corrected chi connectivity index (χ0v) is 16.0. The van der Waals surface area contributed by atoms with Gasteiger partial charge in [0.1, 0.15) is 6.54 Å². The van der Waals surface area contributed by atoms with Gasteiger partial charge in [-0.1, -0.05) is 24.6 Å². The highest BCUT2D eigenvalue weighted by molar-refractivity contribution is 5.85. The highest BCUT2D eigenvalue weighted by Gasteiger charge is 2.26. The van der Waals surface area contributed by atoms with Crippen LogP contribution in [0.5, 0.6) is 0 Å². The van der Waals surface area contributed by atoms with Crippen LogP contribution >= 0.6 is 0 Å². The second kappa shape index (κ2) is 8.42. The maximum absolute atomic E-state index is 11.5. The molecule has 0 aliphatic carbocycles. The van der Waals surface area contributed by atoms with Crippen molar-refractivity contribution in [2.45, 2.75) is 38.4 Å². The fourth-order valence-corrected chi connectivity index (χ4v) is 4.52. The minimum atomic E-state index is -0.300. The van der Waals surface area contributed by atoms with Gasteiger partial charge in [0.2, 0.25) is 5.91 Å². The number of carbonyl (C=O) groups excluding carboxylic acids is 1. The lowest BCUT2D eigenvalue weighted by molar-refractivity contribution is -0.118. The summed E-state index contributed by atoms with van der Waals surface area (Å²) in [7, 11) is 0. The van der Waals surface area contributed by atoms with Crippen molar-refractivity contribution in [3.63, 3.8) is 0 Å². The van der Waals surface area contributed by atoms with Gasteiger partial charge in [0.25, 0.3) is 0 Å². The van der Waals surface area contributed by atoms with Crippen LogP contribution in [0.4, 0.5) is 0 Å². The van der Waals surface area contributed by atoms with Crippen molar-refractivity contribution in [3.05, 3.63) is 36.0 Å². The van der Waals surface area contributed by atoms with Gasteiger partial charge in [-0.2, -0.15) is 0 Å². The molecule has 2 aromatic rings. The summed E-state index contributed by atoms with van der Waals surface area (Å²) in [6, 6.07) is 8.91. The lowest BCUT2D eigenvalue weighted by Gasteiger charge is -2.39. The van der Waals surface area contributed by atoms with Crippen molar-refractivity contribution in [1.29, 1.82) is 0 Å². The van der Waals surface area contributed by atoms with Gasteiger partial charge in [0, 0.05) is 49.3 Å². The van der Waals surface area contributed by atoms with Crippen LogP contribution in [0, 0.1) is 0 Å². The summed E-state index contributed by atoms with van der Waals surface area (Å²) in [5.74, 6) is -0.300. The number of fused-ring (bicyclic) bond motifs is 1. The van der Waals surface area contributed by atoms with Crippen molar-refractivity contribution in [1.82, 2.24) is 14.4 Å². The van der Waals surface area contributed by atoms with E-state index in [9.17, 15) is 4.79 Å². The Balaban J connectivity index is 1.53. The molecule has 1 aromatic carbocycles. The lowest BCUT2D eigenvalue weighted by Crippen LogP contribution is -2.49. The number of piperidine rings is 1. The average molecular weight is 370 g/mol. The van der Waals surface area contributed by atoms with Gasteiger partial charge in [-0.15, -0.1) is 0 Å². The Morgan fingerprint density at radius 2 is 1.96 bits per heavy atom. The molecule has 6 heteroatoms. The van der Waals surface area contributed by atoms with Crippen molar-refractivity contribution in [2.75, 3.05) is 39.4 Å². The Labute approximate surface area is 160 Å². The highest BCUT2D eigenvalue weighted by atomic mass is 16.5. The van der Waals surface area contributed by atoms with E-state index in [4.69, 9.17) is 10.5 Å². The minimum Gasteiger partial charge on any atom is -0.379 e. The van der Waals surface area contributed by atoms with E-state index >= 15 is 0 Å². The number of nitrogens with zero attached hydrogens (tertiary/aromatic N) is 3. The Bertz CT molecular complexity index is 782. The summed E-state index contributed by atoms with van der Waals surface area (Å²) >= 11 is 0. The molecule has 4 rings (SSSR count). The van der Waals surface area contributed by atoms with Crippen LogP contribution in [0.3, 0.4) is 0 Å². The van der Waals surface area contributed by atoms with E-state index in [0.29, 0.717) is 6.04 Å². The zero-order chi connectivity index (χ0) is 18.6. The van der Waals surface area contributed by atoms with Gasteiger partial charge in [0.05, 0.1) is 13.2 Å². The van der Waals surface area contributed by atoms with Crippen LogP contribution in [0.1, 0.15) is 24.8 Å². The van der Waals surface area contributed by atoms with Gasteiger partial charge in [-0.05, 0) is 31.0 Å². The van der Waals surface area contributed by atoms with E-state index in [1.807, 2.05) is 10.6 Å². The number of benzene rings is 1. The minimum absolute atomic E-state index is 0.234. The lowest BCUT2D eigenvalue weighted by atomic mass is 10.00. The summed E-state index contributed by atoms with van der Waals surface area (Å²) in [6.45, 7) is 7.23. The third-order valence-corrected chi connectivity index (χ3v) is 5.89. The molecule has 2 fully saturated rings. The first-order valence-corrected chi connectivity index (χ1v) is 10.1. The molecule has 0 radical (unpaired) electrons. The van der Waals surface area contributed by atoms with Crippen LogP contribution in [-0.2, 0) is 22.6 Å². The first kappa shape index (κ1) is 18.5.